The standard InChI is InChI=1S/C15H19BrO4/c1-10-7-5-6-8-12(10)20-14(16)13(18)15(3,4)9-19-11(2)17/h5-8,14H,9H2,1-4H3. The van der Waals surface area contributed by atoms with E-state index >= 15 is 0 Å². The predicted molar refractivity (Wildman–Crippen MR) is 79.9 cm³/mol. The van der Waals surface area contributed by atoms with E-state index < -0.39 is 16.4 Å². The molecule has 0 amide bonds. The summed E-state index contributed by atoms with van der Waals surface area (Å²) in [6.07, 6.45) is 0. The molecule has 0 aromatic heterocycles. The molecule has 20 heavy (non-hydrogen) atoms. The first-order chi connectivity index (χ1) is 9.24. The Labute approximate surface area is 127 Å². The Bertz CT molecular complexity index is 496. The molecule has 0 radical (unpaired) electrons. The van der Waals surface area contributed by atoms with Gasteiger partial charge in [0.15, 0.2) is 5.78 Å². The lowest BCUT2D eigenvalue weighted by Gasteiger charge is -2.25. The highest BCUT2D eigenvalue weighted by Gasteiger charge is 2.35. The van der Waals surface area contributed by atoms with E-state index in [0.29, 0.717) is 5.75 Å². The van der Waals surface area contributed by atoms with E-state index in [4.69, 9.17) is 9.47 Å². The zero-order chi connectivity index (χ0) is 15.3. The van der Waals surface area contributed by atoms with Crippen molar-refractivity contribution >= 4 is 27.7 Å². The number of rotatable bonds is 6. The molecule has 0 saturated carbocycles. The van der Waals surface area contributed by atoms with Crippen LogP contribution in [0.3, 0.4) is 0 Å². The molecular formula is C15H19BrO4. The van der Waals surface area contributed by atoms with E-state index in [1.807, 2.05) is 25.1 Å². The highest BCUT2D eigenvalue weighted by atomic mass is 79.9. The number of hydrogen-bond donors (Lipinski definition) is 0. The van der Waals surface area contributed by atoms with Gasteiger partial charge in [-0.3, -0.25) is 9.59 Å². The third-order valence-electron chi connectivity index (χ3n) is 2.83. The average molecular weight is 343 g/mol. The number of aryl methyl sites for hydroxylation is 1. The predicted octanol–water partition coefficient (Wildman–Crippen LogP) is 3.25. The second-order valence-electron chi connectivity index (χ2n) is 5.23. The van der Waals surface area contributed by atoms with Gasteiger partial charge in [0.05, 0.1) is 5.41 Å². The summed E-state index contributed by atoms with van der Waals surface area (Å²) in [5.74, 6) is 0.0600. The molecule has 0 N–H and O–H groups in total. The fraction of sp³-hybridized carbons (Fsp3) is 0.467. The van der Waals surface area contributed by atoms with E-state index in [9.17, 15) is 9.59 Å². The van der Waals surface area contributed by atoms with Crippen molar-refractivity contribution in [3.63, 3.8) is 0 Å². The minimum Gasteiger partial charge on any atom is -0.471 e. The van der Waals surface area contributed by atoms with E-state index in [-0.39, 0.29) is 12.4 Å². The minimum absolute atomic E-state index is 0.0282. The normalized spacial score (nSPS) is 12.7. The molecule has 0 heterocycles. The molecule has 0 fully saturated rings. The molecule has 5 heteroatoms. The molecule has 1 unspecified atom stereocenters. The molecule has 4 nitrogen and oxygen atoms in total. The van der Waals surface area contributed by atoms with Crippen molar-refractivity contribution in [2.45, 2.75) is 32.7 Å². The summed E-state index contributed by atoms with van der Waals surface area (Å²) < 4.78 is 10.5. The van der Waals surface area contributed by atoms with Gasteiger partial charge >= 0.3 is 5.97 Å². The monoisotopic (exact) mass is 342 g/mol. The highest BCUT2D eigenvalue weighted by molar-refractivity contribution is 9.09. The first-order valence-electron chi connectivity index (χ1n) is 6.28. The van der Waals surface area contributed by atoms with Crippen LogP contribution in [0.2, 0.25) is 0 Å². The van der Waals surface area contributed by atoms with Crippen molar-refractivity contribution < 1.29 is 19.1 Å². The Morgan fingerprint density at radius 1 is 1.30 bits per heavy atom. The lowest BCUT2D eigenvalue weighted by atomic mass is 9.89. The summed E-state index contributed by atoms with van der Waals surface area (Å²) >= 11 is 3.24. The lowest BCUT2D eigenvalue weighted by Crippen LogP contribution is -2.38. The first kappa shape index (κ1) is 16.7. The fourth-order valence-electron chi connectivity index (χ4n) is 1.51. The summed E-state index contributed by atoms with van der Waals surface area (Å²) in [5.41, 5.74) is 0.130. The zero-order valence-electron chi connectivity index (χ0n) is 12.1. The van der Waals surface area contributed by atoms with Crippen LogP contribution in [-0.4, -0.2) is 23.4 Å². The number of para-hydroxylation sites is 1. The Morgan fingerprint density at radius 2 is 1.90 bits per heavy atom. The lowest BCUT2D eigenvalue weighted by molar-refractivity contribution is -0.147. The van der Waals surface area contributed by atoms with Gasteiger partial charge < -0.3 is 9.47 Å². The summed E-state index contributed by atoms with van der Waals surface area (Å²) in [6, 6.07) is 7.45. The molecule has 1 aromatic carbocycles. The van der Waals surface area contributed by atoms with Gasteiger partial charge in [-0.05, 0) is 48.3 Å². The number of alkyl halides is 1. The molecule has 0 aliphatic carbocycles. The quantitative estimate of drug-likeness (QED) is 0.588. The van der Waals surface area contributed by atoms with Gasteiger partial charge in [0.2, 0.25) is 5.01 Å². The number of hydrogen-bond acceptors (Lipinski definition) is 4. The van der Waals surface area contributed by atoms with Crippen LogP contribution >= 0.6 is 15.9 Å². The topological polar surface area (TPSA) is 52.6 Å². The number of ether oxygens (including phenoxy) is 2. The maximum atomic E-state index is 12.3. The molecule has 1 rings (SSSR count). The smallest absolute Gasteiger partial charge is 0.302 e. The average Bonchev–Trinajstić information content (AvgIpc) is 2.38. The number of esters is 1. The Kier molecular flexibility index (Phi) is 5.74. The van der Waals surface area contributed by atoms with Crippen molar-refractivity contribution in [3.8, 4) is 5.75 Å². The molecule has 1 atom stereocenters. The molecular weight excluding hydrogens is 324 g/mol. The Morgan fingerprint density at radius 3 is 2.45 bits per heavy atom. The maximum absolute atomic E-state index is 12.3. The van der Waals surface area contributed by atoms with E-state index in [2.05, 4.69) is 15.9 Å². The van der Waals surface area contributed by atoms with Crippen LogP contribution in [0, 0.1) is 12.3 Å². The van der Waals surface area contributed by atoms with Crippen LogP contribution in [0.25, 0.3) is 0 Å². The second kappa shape index (κ2) is 6.88. The first-order valence-corrected chi connectivity index (χ1v) is 7.19. The van der Waals surface area contributed by atoms with Gasteiger partial charge in [0.25, 0.3) is 0 Å². The van der Waals surface area contributed by atoms with Gasteiger partial charge in [-0.15, -0.1) is 0 Å². The number of benzene rings is 1. The number of ketones is 1. The molecule has 0 spiro atoms. The molecule has 0 bridgehead atoms. The zero-order valence-corrected chi connectivity index (χ0v) is 13.7. The largest absolute Gasteiger partial charge is 0.471 e. The van der Waals surface area contributed by atoms with Gasteiger partial charge in [0.1, 0.15) is 12.4 Å². The van der Waals surface area contributed by atoms with Gasteiger partial charge in [0, 0.05) is 6.92 Å². The summed E-state index contributed by atoms with van der Waals surface area (Å²) in [7, 11) is 0. The summed E-state index contributed by atoms with van der Waals surface area (Å²) in [4.78, 5) is 23.2. The highest BCUT2D eigenvalue weighted by Crippen LogP contribution is 2.26. The molecule has 1 aromatic rings. The minimum atomic E-state index is -0.817. The molecule has 0 saturated heterocycles. The van der Waals surface area contributed by atoms with E-state index in [1.54, 1.807) is 19.9 Å². The number of Topliss-reactive ketones (excluding diaryl/α,β-unsaturated/α-hetero) is 1. The third kappa shape index (κ3) is 4.63. The number of carbonyl (C=O) groups is 2. The summed E-state index contributed by atoms with van der Waals surface area (Å²) in [6.45, 7) is 6.68. The summed E-state index contributed by atoms with van der Waals surface area (Å²) in [5, 5.41) is -0.783. The third-order valence-corrected chi connectivity index (χ3v) is 3.44. The number of carbonyl (C=O) groups excluding carboxylic acids is 2. The van der Waals surface area contributed by atoms with E-state index in [0.717, 1.165) is 5.56 Å². The second-order valence-corrected chi connectivity index (χ2v) is 6.06. The Hall–Kier alpha value is -1.36. The van der Waals surface area contributed by atoms with Crippen LogP contribution in [-0.2, 0) is 14.3 Å². The van der Waals surface area contributed by atoms with Crippen molar-refractivity contribution in [2.75, 3.05) is 6.61 Å². The van der Waals surface area contributed by atoms with Crippen molar-refractivity contribution in [1.29, 1.82) is 0 Å². The van der Waals surface area contributed by atoms with Crippen LogP contribution < -0.4 is 4.74 Å². The van der Waals surface area contributed by atoms with Gasteiger partial charge in [-0.2, -0.15) is 0 Å². The van der Waals surface area contributed by atoms with Crippen LogP contribution in [0.4, 0.5) is 0 Å². The fourth-order valence-corrected chi connectivity index (χ4v) is 2.34. The Balaban J connectivity index is 2.71. The maximum Gasteiger partial charge on any atom is 0.302 e. The molecule has 0 aliphatic rings. The van der Waals surface area contributed by atoms with Gasteiger partial charge in [-0.1, -0.05) is 18.2 Å². The van der Waals surface area contributed by atoms with Crippen LogP contribution in [0.15, 0.2) is 24.3 Å². The SMILES string of the molecule is CC(=O)OCC(C)(C)C(=O)C(Br)Oc1ccccc1C. The van der Waals surface area contributed by atoms with Crippen molar-refractivity contribution in [2.24, 2.45) is 5.41 Å². The van der Waals surface area contributed by atoms with E-state index in [1.165, 1.54) is 6.92 Å². The number of halogens is 1. The van der Waals surface area contributed by atoms with Crippen molar-refractivity contribution in [3.05, 3.63) is 29.8 Å². The van der Waals surface area contributed by atoms with Crippen molar-refractivity contribution in [1.82, 2.24) is 0 Å². The van der Waals surface area contributed by atoms with Gasteiger partial charge in [-0.25, -0.2) is 0 Å². The molecule has 0 aliphatic heterocycles. The van der Waals surface area contributed by atoms with Crippen LogP contribution in [0.5, 0.6) is 5.75 Å². The van der Waals surface area contributed by atoms with Crippen LogP contribution in [0.1, 0.15) is 26.3 Å². The molecule has 110 valence electrons.